The van der Waals surface area contributed by atoms with Gasteiger partial charge in [0.25, 0.3) is 11.5 Å². The maximum absolute atomic E-state index is 13.4. The molecule has 0 aliphatic heterocycles. The number of rotatable bonds is 8. The quantitative estimate of drug-likeness (QED) is 0.174. The van der Waals surface area contributed by atoms with Crippen molar-refractivity contribution in [3.63, 3.8) is 0 Å². The van der Waals surface area contributed by atoms with Crippen LogP contribution >= 0.6 is 23.1 Å². The Kier molecular flexibility index (Phi) is 7.98. The van der Waals surface area contributed by atoms with Crippen molar-refractivity contribution in [2.24, 2.45) is 0 Å². The number of thioether (sulfide) groups is 1. The summed E-state index contributed by atoms with van der Waals surface area (Å²) in [5.41, 5.74) is 3.71. The molecule has 2 heterocycles. The summed E-state index contributed by atoms with van der Waals surface area (Å²) in [6, 6.07) is 26.3. The number of hydrogen-bond acceptors (Lipinski definition) is 6. The molecule has 0 bridgehead atoms. The molecule has 0 saturated carbocycles. The fourth-order valence-corrected chi connectivity index (χ4v) is 7.18. The van der Waals surface area contributed by atoms with Crippen molar-refractivity contribution in [3.05, 3.63) is 117 Å². The summed E-state index contributed by atoms with van der Waals surface area (Å²) in [5, 5.41) is 7.58. The molecular weight excluding hydrogens is 553 g/mol. The van der Waals surface area contributed by atoms with Crippen LogP contribution in [0.3, 0.4) is 0 Å². The minimum Gasteiger partial charge on any atom is -0.348 e. The number of aryl methyl sites for hydroxylation is 1. The van der Waals surface area contributed by atoms with Crippen LogP contribution in [-0.4, -0.2) is 27.1 Å². The van der Waals surface area contributed by atoms with Crippen molar-refractivity contribution in [2.75, 3.05) is 11.1 Å². The van der Waals surface area contributed by atoms with Crippen LogP contribution in [0.15, 0.2) is 94.9 Å². The first-order valence-electron chi connectivity index (χ1n) is 13.5. The molecule has 0 spiro atoms. The van der Waals surface area contributed by atoms with Crippen LogP contribution in [0.2, 0.25) is 0 Å². The molecule has 0 saturated heterocycles. The third kappa shape index (κ3) is 5.82. The monoisotopic (exact) mass is 580 g/mol. The molecule has 0 unspecified atom stereocenters. The van der Waals surface area contributed by atoms with E-state index in [4.69, 9.17) is 4.98 Å². The van der Waals surface area contributed by atoms with Gasteiger partial charge < -0.3 is 10.6 Å². The average molecular weight is 581 g/mol. The number of benzene rings is 3. The van der Waals surface area contributed by atoms with E-state index < -0.39 is 0 Å². The van der Waals surface area contributed by atoms with Crippen molar-refractivity contribution in [3.8, 4) is 5.69 Å². The number of para-hydroxylation sites is 2. The highest BCUT2D eigenvalue weighted by molar-refractivity contribution is 7.99. The zero-order valence-electron chi connectivity index (χ0n) is 22.3. The molecule has 41 heavy (non-hydrogen) atoms. The fraction of sp³-hybridized carbons (Fsp3) is 0.188. The van der Waals surface area contributed by atoms with Gasteiger partial charge >= 0.3 is 0 Å². The Morgan fingerprint density at radius 2 is 1.61 bits per heavy atom. The number of nitrogens with zero attached hydrogens (tertiary/aromatic N) is 2. The maximum atomic E-state index is 13.4. The largest absolute Gasteiger partial charge is 0.348 e. The van der Waals surface area contributed by atoms with Gasteiger partial charge in [-0.3, -0.25) is 19.0 Å². The van der Waals surface area contributed by atoms with Gasteiger partial charge in [-0.1, -0.05) is 72.4 Å². The molecule has 6 rings (SSSR count). The van der Waals surface area contributed by atoms with E-state index in [1.807, 2.05) is 72.8 Å². The number of amides is 2. The molecular formula is C32H28N4O3S2. The molecule has 0 radical (unpaired) electrons. The Hall–Kier alpha value is -4.21. The van der Waals surface area contributed by atoms with E-state index in [0.717, 1.165) is 41.7 Å². The molecule has 0 atom stereocenters. The van der Waals surface area contributed by atoms with Crippen molar-refractivity contribution in [1.82, 2.24) is 14.9 Å². The first-order valence-corrected chi connectivity index (χ1v) is 15.4. The Morgan fingerprint density at radius 1 is 0.902 bits per heavy atom. The van der Waals surface area contributed by atoms with E-state index in [1.165, 1.54) is 23.1 Å². The minimum absolute atomic E-state index is 0.0330. The molecule has 0 fully saturated rings. The smallest absolute Gasteiger partial charge is 0.266 e. The van der Waals surface area contributed by atoms with Crippen molar-refractivity contribution in [2.45, 2.75) is 37.4 Å². The van der Waals surface area contributed by atoms with Crippen molar-refractivity contribution < 1.29 is 9.59 Å². The number of anilines is 1. The van der Waals surface area contributed by atoms with Crippen LogP contribution in [0, 0.1) is 0 Å². The zero-order valence-corrected chi connectivity index (χ0v) is 23.9. The number of aromatic nitrogens is 2. The number of nitrogens with one attached hydrogen (secondary N) is 2. The molecule has 2 aromatic heterocycles. The van der Waals surface area contributed by atoms with Gasteiger partial charge in [0, 0.05) is 11.4 Å². The second-order valence-corrected chi connectivity index (χ2v) is 11.9. The third-order valence-corrected chi connectivity index (χ3v) is 9.18. The molecule has 5 aromatic rings. The Morgan fingerprint density at radius 3 is 2.41 bits per heavy atom. The fourth-order valence-electron chi connectivity index (χ4n) is 5.07. The van der Waals surface area contributed by atoms with Gasteiger partial charge in [0.05, 0.1) is 27.9 Å². The van der Waals surface area contributed by atoms with Gasteiger partial charge in [0.15, 0.2) is 5.16 Å². The minimum atomic E-state index is -0.257. The lowest BCUT2D eigenvalue weighted by molar-refractivity contribution is -0.113. The predicted octanol–water partition coefficient (Wildman–Crippen LogP) is 5.99. The van der Waals surface area contributed by atoms with Crippen LogP contribution in [0.25, 0.3) is 16.6 Å². The van der Waals surface area contributed by atoms with E-state index in [-0.39, 0.29) is 23.1 Å². The van der Waals surface area contributed by atoms with Crippen LogP contribution in [-0.2, 0) is 24.2 Å². The number of carbonyl (C=O) groups excluding carboxylic acids is 2. The standard InChI is InChI=1S/C32H28N4O3S2/c37-27(20-40-32-34-25-17-9-7-15-23(25)31(39)36(32)22-13-5-2-6-14-22)35-30-28(24-16-8-10-18-26(24)41-30)29(38)33-19-21-11-3-1-4-12-21/h1-7,9,11-15,17H,8,10,16,18-20H2,(H,33,38)(H,35,37). The number of fused-ring (bicyclic) bond motifs is 2. The van der Waals surface area contributed by atoms with Gasteiger partial charge in [-0.2, -0.15) is 0 Å². The number of carbonyl (C=O) groups is 2. The number of hydrogen-bond donors (Lipinski definition) is 2. The van der Waals surface area contributed by atoms with Gasteiger partial charge in [-0.25, -0.2) is 4.98 Å². The summed E-state index contributed by atoms with van der Waals surface area (Å²) in [6.07, 6.45) is 3.84. The average Bonchev–Trinajstić information content (AvgIpc) is 3.37. The second-order valence-electron chi connectivity index (χ2n) is 9.81. The molecule has 1 aliphatic rings. The molecule has 9 heteroatoms. The molecule has 2 N–H and O–H groups in total. The van der Waals surface area contributed by atoms with E-state index in [0.29, 0.717) is 38.9 Å². The first kappa shape index (κ1) is 27.0. The highest BCUT2D eigenvalue weighted by atomic mass is 32.2. The lowest BCUT2D eigenvalue weighted by Gasteiger charge is -2.14. The van der Waals surface area contributed by atoms with Crippen molar-refractivity contribution >= 4 is 50.8 Å². The van der Waals surface area contributed by atoms with Crippen LogP contribution < -0.4 is 16.2 Å². The predicted molar refractivity (Wildman–Crippen MR) is 165 cm³/mol. The third-order valence-electron chi connectivity index (χ3n) is 7.04. The summed E-state index contributed by atoms with van der Waals surface area (Å²) in [7, 11) is 0. The van der Waals surface area contributed by atoms with Gasteiger partial charge in [-0.15, -0.1) is 11.3 Å². The molecule has 1 aliphatic carbocycles. The first-order chi connectivity index (χ1) is 20.1. The highest BCUT2D eigenvalue weighted by Gasteiger charge is 2.26. The van der Waals surface area contributed by atoms with Crippen molar-refractivity contribution in [1.29, 1.82) is 0 Å². The topological polar surface area (TPSA) is 93.1 Å². The van der Waals surface area contributed by atoms with Gasteiger partial charge in [0.1, 0.15) is 5.00 Å². The van der Waals surface area contributed by atoms with Gasteiger partial charge in [-0.05, 0) is 61.1 Å². The van der Waals surface area contributed by atoms with Gasteiger partial charge in [0.2, 0.25) is 5.91 Å². The van der Waals surface area contributed by atoms with E-state index in [9.17, 15) is 14.4 Å². The number of thiophene rings is 1. The Balaban J connectivity index is 1.24. The molecule has 7 nitrogen and oxygen atoms in total. The SMILES string of the molecule is O=C(CSc1nc2ccccc2c(=O)n1-c1ccccc1)Nc1sc2c(c1C(=O)NCc1ccccc1)CCCC2. The summed E-state index contributed by atoms with van der Waals surface area (Å²) < 4.78 is 1.55. The summed E-state index contributed by atoms with van der Waals surface area (Å²) in [5.74, 6) is -0.399. The normalized spacial score (nSPS) is 12.6. The van der Waals surface area contributed by atoms with E-state index in [1.54, 1.807) is 16.7 Å². The maximum Gasteiger partial charge on any atom is 0.266 e. The van der Waals surface area contributed by atoms with E-state index in [2.05, 4.69) is 10.6 Å². The lowest BCUT2D eigenvalue weighted by Crippen LogP contribution is -2.26. The Labute approximate surface area is 245 Å². The molecule has 2 amide bonds. The summed E-state index contributed by atoms with van der Waals surface area (Å²) in [6.45, 7) is 0.415. The van der Waals surface area contributed by atoms with Crippen LogP contribution in [0.1, 0.15) is 39.2 Å². The zero-order chi connectivity index (χ0) is 28.2. The summed E-state index contributed by atoms with van der Waals surface area (Å²) in [4.78, 5) is 46.0. The second kappa shape index (κ2) is 12.1. The summed E-state index contributed by atoms with van der Waals surface area (Å²) >= 11 is 2.69. The van der Waals surface area contributed by atoms with Crippen LogP contribution in [0.4, 0.5) is 5.00 Å². The molecule has 3 aromatic carbocycles. The Bertz CT molecular complexity index is 1780. The highest BCUT2D eigenvalue weighted by Crippen LogP contribution is 2.38. The van der Waals surface area contributed by atoms with Crippen LogP contribution in [0.5, 0.6) is 0 Å². The van der Waals surface area contributed by atoms with E-state index >= 15 is 0 Å². The lowest BCUT2D eigenvalue weighted by atomic mass is 9.95. The molecule has 206 valence electrons.